The van der Waals surface area contributed by atoms with E-state index in [9.17, 15) is 13.6 Å². The molecule has 0 fully saturated rings. The van der Waals surface area contributed by atoms with Crippen molar-refractivity contribution in [3.63, 3.8) is 0 Å². The zero-order valence-corrected chi connectivity index (χ0v) is 15.4. The first-order chi connectivity index (χ1) is 14.0. The summed E-state index contributed by atoms with van der Waals surface area (Å²) < 4.78 is 29.4. The van der Waals surface area contributed by atoms with Gasteiger partial charge in [-0.25, -0.2) is 19.2 Å². The lowest BCUT2D eigenvalue weighted by Crippen LogP contribution is -2.35. The molecule has 0 aliphatic carbocycles. The van der Waals surface area contributed by atoms with Crippen molar-refractivity contribution in [2.24, 2.45) is 12.1 Å². The van der Waals surface area contributed by atoms with Gasteiger partial charge in [-0.15, -0.1) is 0 Å². The van der Waals surface area contributed by atoms with E-state index in [1.165, 1.54) is 30.6 Å². The fourth-order valence-corrected chi connectivity index (χ4v) is 4.05. The lowest BCUT2D eigenvalue weighted by Gasteiger charge is -2.36. The number of hydrazone groups is 1. The van der Waals surface area contributed by atoms with Crippen LogP contribution >= 0.6 is 0 Å². The van der Waals surface area contributed by atoms with E-state index in [1.54, 1.807) is 23.9 Å². The zero-order chi connectivity index (χ0) is 20.1. The van der Waals surface area contributed by atoms with Crippen molar-refractivity contribution in [2.45, 2.75) is 18.4 Å². The Balaban J connectivity index is 1.77. The van der Waals surface area contributed by atoms with Gasteiger partial charge in [-0.2, -0.15) is 10.2 Å². The first kappa shape index (κ1) is 17.5. The minimum atomic E-state index is -0.449. The van der Waals surface area contributed by atoms with Crippen LogP contribution < -0.4 is 10.7 Å². The number of benzene rings is 2. The summed E-state index contributed by atoms with van der Waals surface area (Å²) in [5.74, 6) is -0.955. The molecular weight excluding hydrogens is 378 g/mol. The van der Waals surface area contributed by atoms with Gasteiger partial charge in [0.1, 0.15) is 23.8 Å². The molecule has 146 valence electrons. The number of hydrogen-bond donors (Lipinski definition) is 2. The molecule has 9 heteroatoms. The lowest BCUT2D eigenvalue weighted by molar-refractivity contribution is -0.120. The van der Waals surface area contributed by atoms with Crippen molar-refractivity contribution < 1.29 is 13.6 Å². The summed E-state index contributed by atoms with van der Waals surface area (Å²) in [4.78, 5) is 16.6. The molecule has 7 nitrogen and oxygen atoms in total. The number of hydrogen-bond acceptors (Lipinski definition) is 5. The van der Waals surface area contributed by atoms with Crippen molar-refractivity contribution in [2.75, 3.05) is 5.32 Å². The van der Waals surface area contributed by atoms with Gasteiger partial charge in [0.2, 0.25) is 5.91 Å². The van der Waals surface area contributed by atoms with Crippen LogP contribution in [0.2, 0.25) is 0 Å². The van der Waals surface area contributed by atoms with Crippen LogP contribution in [0, 0.1) is 11.6 Å². The van der Waals surface area contributed by atoms with Crippen LogP contribution in [-0.2, 0) is 18.3 Å². The predicted molar refractivity (Wildman–Crippen MR) is 101 cm³/mol. The number of carbonyl (C=O) groups excluding carboxylic acids is 1. The topological polar surface area (TPSA) is 84.2 Å². The van der Waals surface area contributed by atoms with E-state index in [1.807, 2.05) is 0 Å². The molecule has 2 unspecified atom stereocenters. The minimum absolute atomic E-state index is 0.0154. The third kappa shape index (κ3) is 2.86. The summed E-state index contributed by atoms with van der Waals surface area (Å²) in [6, 6.07) is 8.38. The fourth-order valence-electron chi connectivity index (χ4n) is 4.05. The normalized spacial score (nSPS) is 20.2. The van der Waals surface area contributed by atoms with Crippen LogP contribution in [0.15, 0.2) is 47.8 Å². The molecule has 2 atom stereocenters. The third-order valence-electron chi connectivity index (χ3n) is 5.29. The highest BCUT2D eigenvalue weighted by Crippen LogP contribution is 2.44. The minimum Gasteiger partial charge on any atom is -0.376 e. The summed E-state index contributed by atoms with van der Waals surface area (Å²) in [5, 5.41) is 11.9. The molecule has 0 saturated heterocycles. The molecule has 0 spiro atoms. The average Bonchev–Trinajstić information content (AvgIpc) is 3.03. The van der Waals surface area contributed by atoms with Gasteiger partial charge in [0.05, 0.1) is 24.1 Å². The van der Waals surface area contributed by atoms with Gasteiger partial charge < -0.3 is 5.32 Å². The maximum Gasteiger partial charge on any atom is 0.244 e. The number of halogens is 2. The highest BCUT2D eigenvalue weighted by molar-refractivity contribution is 6.13. The zero-order valence-electron chi connectivity index (χ0n) is 15.4. The highest BCUT2D eigenvalue weighted by atomic mass is 19.1. The molecule has 3 aromatic rings. The fraction of sp³-hybridized carbons (Fsp3) is 0.200. The van der Waals surface area contributed by atoms with E-state index >= 15 is 0 Å². The van der Waals surface area contributed by atoms with Crippen LogP contribution in [0.5, 0.6) is 0 Å². The number of carbonyl (C=O) groups is 1. The van der Waals surface area contributed by atoms with Gasteiger partial charge in [-0.1, -0.05) is 12.1 Å². The van der Waals surface area contributed by atoms with Crippen LogP contribution in [0.25, 0.3) is 0 Å². The summed E-state index contributed by atoms with van der Waals surface area (Å²) in [5.41, 5.74) is 5.63. The second-order valence-electron chi connectivity index (χ2n) is 7.09. The number of nitrogens with zero attached hydrogens (tertiary/aromatic N) is 4. The van der Waals surface area contributed by atoms with Crippen LogP contribution in [-0.4, -0.2) is 26.4 Å². The van der Waals surface area contributed by atoms with E-state index in [2.05, 4.69) is 25.9 Å². The predicted octanol–water partition coefficient (Wildman–Crippen LogP) is 2.42. The van der Waals surface area contributed by atoms with Gasteiger partial charge in [0.15, 0.2) is 0 Å². The van der Waals surface area contributed by atoms with Crippen LogP contribution in [0.4, 0.5) is 14.5 Å². The number of rotatable bonds is 2. The maximum absolute atomic E-state index is 14.3. The Morgan fingerprint density at radius 3 is 2.66 bits per heavy atom. The summed E-state index contributed by atoms with van der Waals surface area (Å²) in [6.07, 6.45) is 1.45. The van der Waals surface area contributed by atoms with E-state index in [0.29, 0.717) is 28.4 Å². The molecule has 29 heavy (non-hydrogen) atoms. The number of aryl methyl sites for hydroxylation is 1. The molecule has 2 N–H and O–H groups in total. The van der Waals surface area contributed by atoms with Crippen LogP contribution in [0.3, 0.4) is 0 Å². The van der Waals surface area contributed by atoms with Crippen molar-refractivity contribution in [1.29, 1.82) is 0 Å². The van der Waals surface area contributed by atoms with E-state index in [4.69, 9.17) is 0 Å². The van der Waals surface area contributed by atoms with Crippen molar-refractivity contribution in [3.8, 4) is 0 Å². The summed E-state index contributed by atoms with van der Waals surface area (Å²) in [7, 11) is 1.76. The second-order valence-corrected chi connectivity index (χ2v) is 7.09. The third-order valence-corrected chi connectivity index (χ3v) is 5.29. The number of aromatic nitrogens is 3. The summed E-state index contributed by atoms with van der Waals surface area (Å²) >= 11 is 0. The SMILES string of the molecule is Cn1ncnc1C1C2=NNC(=O)Cc3cc(F)cc(c32)NC1c1ccc(F)cc1. The molecular formula is C20H16F2N6O. The quantitative estimate of drug-likeness (QED) is 0.699. The molecule has 1 aromatic heterocycles. The Labute approximate surface area is 164 Å². The summed E-state index contributed by atoms with van der Waals surface area (Å²) in [6.45, 7) is 0. The smallest absolute Gasteiger partial charge is 0.244 e. The first-order valence-corrected chi connectivity index (χ1v) is 9.06. The van der Waals surface area contributed by atoms with E-state index in [0.717, 1.165) is 5.56 Å². The molecule has 5 rings (SSSR count). The molecule has 2 aliphatic rings. The largest absolute Gasteiger partial charge is 0.376 e. The van der Waals surface area contributed by atoms with Crippen molar-refractivity contribution >= 4 is 17.3 Å². The average molecular weight is 394 g/mol. The molecule has 0 radical (unpaired) electrons. The lowest BCUT2D eigenvalue weighted by atomic mass is 9.79. The van der Waals surface area contributed by atoms with Gasteiger partial charge in [-0.05, 0) is 35.4 Å². The first-order valence-electron chi connectivity index (χ1n) is 9.06. The molecule has 0 saturated carbocycles. The Morgan fingerprint density at radius 1 is 1.14 bits per heavy atom. The number of nitrogens with one attached hydrogen (secondary N) is 2. The standard InChI is InChI=1S/C20H16F2N6O/c1-28-20(23-9-24-28)17-18(10-2-4-12(21)5-3-10)25-14-8-13(22)6-11-7-15(29)26-27-19(17)16(11)14/h2-6,8-9,17-18,25H,7H2,1H3,(H,26,29). The Morgan fingerprint density at radius 2 is 1.93 bits per heavy atom. The van der Waals surface area contributed by atoms with E-state index < -0.39 is 17.8 Å². The van der Waals surface area contributed by atoms with E-state index in [-0.39, 0.29) is 18.1 Å². The van der Waals surface area contributed by atoms with Gasteiger partial charge in [-0.3, -0.25) is 9.48 Å². The Kier molecular flexibility index (Phi) is 3.90. The van der Waals surface area contributed by atoms with Crippen molar-refractivity contribution in [1.82, 2.24) is 20.2 Å². The second kappa shape index (κ2) is 6.47. The molecule has 0 bridgehead atoms. The molecule has 3 heterocycles. The van der Waals surface area contributed by atoms with Gasteiger partial charge in [0.25, 0.3) is 0 Å². The number of amides is 1. The Hall–Kier alpha value is -3.62. The monoisotopic (exact) mass is 394 g/mol. The number of anilines is 1. The molecule has 1 amide bonds. The highest BCUT2D eigenvalue weighted by Gasteiger charge is 2.41. The molecule has 2 aromatic carbocycles. The van der Waals surface area contributed by atoms with Gasteiger partial charge >= 0.3 is 0 Å². The molecule has 2 aliphatic heterocycles. The maximum atomic E-state index is 14.3. The van der Waals surface area contributed by atoms with Crippen molar-refractivity contribution in [3.05, 3.63) is 76.9 Å². The van der Waals surface area contributed by atoms with Gasteiger partial charge in [0, 0.05) is 18.3 Å². The van der Waals surface area contributed by atoms with Crippen LogP contribution in [0.1, 0.15) is 34.5 Å². The Bertz CT molecular complexity index is 1150.